The van der Waals surface area contributed by atoms with Gasteiger partial charge in [0.1, 0.15) is 0 Å². The third-order valence-corrected chi connectivity index (χ3v) is 6.58. The summed E-state index contributed by atoms with van der Waals surface area (Å²) in [6.07, 6.45) is 0. The molecule has 3 rings (SSSR count). The molecule has 1 aliphatic heterocycles. The molecule has 2 aromatic rings. The molecule has 0 saturated carbocycles. The molecule has 10 heteroatoms. The summed E-state index contributed by atoms with van der Waals surface area (Å²) in [6.45, 7) is 1.46. The summed E-state index contributed by atoms with van der Waals surface area (Å²) >= 11 is 1.80. The highest BCUT2D eigenvalue weighted by molar-refractivity contribution is 7.99. The van der Waals surface area contributed by atoms with Gasteiger partial charge < -0.3 is 15.1 Å². The van der Waals surface area contributed by atoms with Gasteiger partial charge in [0.15, 0.2) is 0 Å². The van der Waals surface area contributed by atoms with Gasteiger partial charge in [0, 0.05) is 30.3 Å². The number of thioether (sulfide) groups is 1. The number of hydrogen-bond acceptors (Lipinski definition) is 6. The lowest BCUT2D eigenvalue weighted by molar-refractivity contribution is 0.0686. The van der Waals surface area contributed by atoms with Crippen molar-refractivity contribution in [1.29, 1.82) is 0 Å². The van der Waals surface area contributed by atoms with Gasteiger partial charge in [-0.15, -0.1) is 0 Å². The molecule has 28 heavy (non-hydrogen) atoms. The first-order valence-electron chi connectivity index (χ1n) is 8.34. The van der Waals surface area contributed by atoms with Gasteiger partial charge in [0.2, 0.25) is 0 Å². The van der Waals surface area contributed by atoms with Crippen molar-refractivity contribution in [2.24, 2.45) is 0 Å². The van der Waals surface area contributed by atoms with Crippen LogP contribution < -0.4 is 9.62 Å². The van der Waals surface area contributed by atoms with E-state index in [1.165, 1.54) is 36.4 Å². The predicted octanol–water partition coefficient (Wildman–Crippen LogP) is 2.44. The molecule has 3 N–H and O–H groups in total. The summed E-state index contributed by atoms with van der Waals surface area (Å²) in [4.78, 5) is 24.4. The maximum Gasteiger partial charge on any atom is 0.337 e. The Bertz CT molecular complexity index is 999. The molecular formula is C18H18N2O6S2. The van der Waals surface area contributed by atoms with E-state index in [9.17, 15) is 23.1 Å². The first kappa shape index (κ1) is 20.0. The van der Waals surface area contributed by atoms with Gasteiger partial charge in [0.05, 0.1) is 21.7 Å². The lowest BCUT2D eigenvalue weighted by atomic mass is 10.1. The van der Waals surface area contributed by atoms with E-state index in [4.69, 9.17) is 5.11 Å². The molecule has 0 amide bonds. The number of hydrogen-bond donors (Lipinski definition) is 3. The summed E-state index contributed by atoms with van der Waals surface area (Å²) in [7, 11) is -3.99. The lowest BCUT2D eigenvalue weighted by Crippen LogP contribution is -2.33. The topological polar surface area (TPSA) is 124 Å². The Balaban J connectivity index is 1.87. The van der Waals surface area contributed by atoms with Gasteiger partial charge in [-0.25, -0.2) is 18.0 Å². The van der Waals surface area contributed by atoms with E-state index in [-0.39, 0.29) is 21.7 Å². The molecule has 0 unspecified atom stereocenters. The van der Waals surface area contributed by atoms with E-state index in [0.717, 1.165) is 24.6 Å². The molecule has 1 heterocycles. The zero-order valence-electron chi connectivity index (χ0n) is 14.7. The first-order chi connectivity index (χ1) is 13.3. The number of carbonyl (C=O) groups is 2. The molecule has 0 atom stereocenters. The summed E-state index contributed by atoms with van der Waals surface area (Å²) in [5.74, 6) is -0.491. The van der Waals surface area contributed by atoms with Gasteiger partial charge >= 0.3 is 11.9 Å². The fourth-order valence-electron chi connectivity index (χ4n) is 2.84. The maximum absolute atomic E-state index is 12.5. The zero-order valence-corrected chi connectivity index (χ0v) is 16.3. The van der Waals surface area contributed by atoms with Gasteiger partial charge in [-0.1, -0.05) is 0 Å². The third-order valence-electron chi connectivity index (χ3n) is 4.24. The van der Waals surface area contributed by atoms with Crippen LogP contribution in [0.2, 0.25) is 0 Å². The number of anilines is 2. The van der Waals surface area contributed by atoms with Crippen molar-refractivity contribution < 1.29 is 28.2 Å². The van der Waals surface area contributed by atoms with Crippen molar-refractivity contribution in [3.05, 3.63) is 53.6 Å². The van der Waals surface area contributed by atoms with E-state index < -0.39 is 22.0 Å². The van der Waals surface area contributed by atoms with Crippen molar-refractivity contribution in [3.8, 4) is 0 Å². The van der Waals surface area contributed by atoms with Crippen LogP contribution in [0.4, 0.5) is 11.4 Å². The quantitative estimate of drug-likeness (QED) is 0.648. The van der Waals surface area contributed by atoms with Crippen LogP contribution in [-0.2, 0) is 10.0 Å². The highest BCUT2D eigenvalue weighted by Gasteiger charge is 2.21. The number of carboxylic acids is 2. The smallest absolute Gasteiger partial charge is 0.337 e. The highest BCUT2D eigenvalue weighted by Crippen LogP contribution is 2.28. The molecule has 0 radical (unpaired) electrons. The fraction of sp³-hybridized carbons (Fsp3) is 0.222. The Labute approximate surface area is 166 Å². The number of carboxylic acid groups (broad SMARTS) is 2. The average molecular weight is 422 g/mol. The van der Waals surface area contributed by atoms with Gasteiger partial charge in [-0.3, -0.25) is 4.72 Å². The zero-order chi connectivity index (χ0) is 20.3. The minimum atomic E-state index is -3.99. The van der Waals surface area contributed by atoms with Crippen LogP contribution in [0, 0.1) is 0 Å². The Hall–Kier alpha value is -2.72. The number of nitrogens with one attached hydrogen (secondary N) is 1. The molecule has 1 aliphatic rings. The molecule has 148 valence electrons. The summed E-state index contributed by atoms with van der Waals surface area (Å²) in [5.41, 5.74) is 0.667. The van der Waals surface area contributed by atoms with Gasteiger partial charge in [-0.2, -0.15) is 11.8 Å². The summed E-state index contributed by atoms with van der Waals surface area (Å²) in [6, 6.07) is 9.17. The van der Waals surface area contributed by atoms with E-state index >= 15 is 0 Å². The van der Waals surface area contributed by atoms with E-state index in [0.29, 0.717) is 5.69 Å². The largest absolute Gasteiger partial charge is 0.478 e. The minimum Gasteiger partial charge on any atom is -0.478 e. The second-order valence-corrected chi connectivity index (χ2v) is 8.98. The molecular weight excluding hydrogens is 404 g/mol. The van der Waals surface area contributed by atoms with Crippen LogP contribution in [-0.4, -0.2) is 55.2 Å². The van der Waals surface area contributed by atoms with Crippen LogP contribution in [0.25, 0.3) is 0 Å². The number of rotatable bonds is 6. The van der Waals surface area contributed by atoms with Gasteiger partial charge in [0.25, 0.3) is 10.0 Å². The number of benzene rings is 2. The average Bonchev–Trinajstić information content (AvgIpc) is 2.68. The molecule has 1 saturated heterocycles. The minimum absolute atomic E-state index is 0.0216. The van der Waals surface area contributed by atoms with E-state index in [1.807, 2.05) is 4.90 Å². The molecule has 0 aromatic heterocycles. The van der Waals surface area contributed by atoms with Gasteiger partial charge in [-0.05, 0) is 42.5 Å². The van der Waals surface area contributed by atoms with Crippen molar-refractivity contribution in [3.63, 3.8) is 0 Å². The normalized spacial score (nSPS) is 14.5. The van der Waals surface area contributed by atoms with Crippen LogP contribution >= 0.6 is 11.8 Å². The number of sulfonamides is 1. The maximum atomic E-state index is 12.5. The standard InChI is InChI=1S/C18H18N2O6S2/c21-17(22)12-1-4-14(5-2-12)28(25,26)19-13-3-6-16(15(11-13)18(23)24)20-7-9-27-10-8-20/h1-6,11,19H,7-10H2,(H,21,22)(H,23,24). The second-order valence-electron chi connectivity index (χ2n) is 6.07. The number of nitrogens with zero attached hydrogens (tertiary/aromatic N) is 1. The number of aromatic carboxylic acids is 2. The van der Waals surface area contributed by atoms with Crippen LogP contribution in [0.1, 0.15) is 20.7 Å². The summed E-state index contributed by atoms with van der Waals surface area (Å²) < 4.78 is 27.4. The van der Waals surface area contributed by atoms with E-state index in [2.05, 4.69) is 4.72 Å². The molecule has 0 bridgehead atoms. The van der Waals surface area contributed by atoms with E-state index in [1.54, 1.807) is 17.8 Å². The van der Waals surface area contributed by atoms with Crippen LogP contribution in [0.15, 0.2) is 47.4 Å². The van der Waals surface area contributed by atoms with Crippen molar-refractivity contribution in [1.82, 2.24) is 0 Å². The summed E-state index contributed by atoms with van der Waals surface area (Å²) in [5, 5.41) is 18.5. The van der Waals surface area contributed by atoms with Crippen molar-refractivity contribution in [2.45, 2.75) is 4.90 Å². The molecule has 2 aromatic carbocycles. The first-order valence-corrected chi connectivity index (χ1v) is 11.0. The monoisotopic (exact) mass is 422 g/mol. The Morgan fingerprint density at radius 2 is 1.61 bits per heavy atom. The molecule has 8 nitrogen and oxygen atoms in total. The highest BCUT2D eigenvalue weighted by atomic mass is 32.2. The second kappa shape index (κ2) is 8.11. The lowest BCUT2D eigenvalue weighted by Gasteiger charge is -2.29. The van der Waals surface area contributed by atoms with Crippen LogP contribution in [0.3, 0.4) is 0 Å². The fourth-order valence-corrected chi connectivity index (χ4v) is 4.79. The SMILES string of the molecule is O=C(O)c1ccc(S(=O)(=O)Nc2ccc(N3CCSCC3)c(C(=O)O)c2)cc1. The Morgan fingerprint density at radius 1 is 0.964 bits per heavy atom. The molecule has 0 aliphatic carbocycles. The Kier molecular flexibility index (Phi) is 5.80. The van der Waals surface area contributed by atoms with Crippen LogP contribution in [0.5, 0.6) is 0 Å². The molecule has 0 spiro atoms. The third kappa shape index (κ3) is 4.39. The Morgan fingerprint density at radius 3 is 2.18 bits per heavy atom. The van der Waals surface area contributed by atoms with Crippen molar-refractivity contribution in [2.75, 3.05) is 34.2 Å². The predicted molar refractivity (Wildman–Crippen MR) is 107 cm³/mol. The van der Waals surface area contributed by atoms with Crippen molar-refractivity contribution >= 4 is 45.1 Å². The molecule has 1 fully saturated rings.